The topological polar surface area (TPSA) is 113 Å². The van der Waals surface area contributed by atoms with Gasteiger partial charge in [-0.2, -0.15) is 0 Å². The zero-order valence-corrected chi connectivity index (χ0v) is 17.7. The van der Waals surface area contributed by atoms with Gasteiger partial charge in [0.2, 0.25) is 10.0 Å². The maximum absolute atomic E-state index is 12.5. The summed E-state index contributed by atoms with van der Waals surface area (Å²) in [4.78, 5) is 43.3. The van der Waals surface area contributed by atoms with Crippen LogP contribution in [0.3, 0.4) is 0 Å². The molecule has 29 heavy (non-hydrogen) atoms. The Morgan fingerprint density at radius 3 is 2.28 bits per heavy atom. The number of imide groups is 2. The SMILES string of the molecule is CCn1c(CN2C(=O)C(=O)N(C(C)C)C2=O)nc2cc(S(=O)(=O)N(C)C)ccc21. The van der Waals surface area contributed by atoms with Crippen LogP contribution in [0.4, 0.5) is 4.79 Å². The quantitative estimate of drug-likeness (QED) is 0.508. The number of urea groups is 1. The van der Waals surface area contributed by atoms with Crippen molar-refractivity contribution in [1.82, 2.24) is 23.7 Å². The molecule has 2 heterocycles. The van der Waals surface area contributed by atoms with Crippen molar-refractivity contribution in [3.8, 4) is 0 Å². The molecule has 1 aliphatic rings. The highest BCUT2D eigenvalue weighted by molar-refractivity contribution is 7.89. The van der Waals surface area contributed by atoms with Crippen LogP contribution in [0.15, 0.2) is 23.1 Å². The summed E-state index contributed by atoms with van der Waals surface area (Å²) in [5.41, 5.74) is 1.10. The Labute approximate surface area is 168 Å². The molecule has 0 N–H and O–H groups in total. The molecule has 0 bridgehead atoms. The molecule has 1 aromatic heterocycles. The van der Waals surface area contributed by atoms with E-state index < -0.39 is 33.9 Å². The Bertz CT molecular complexity index is 1120. The van der Waals surface area contributed by atoms with Gasteiger partial charge < -0.3 is 4.57 Å². The number of nitrogens with zero attached hydrogens (tertiary/aromatic N) is 5. The molecule has 11 heteroatoms. The molecular formula is C18H23N5O5S. The number of amides is 4. The molecular weight excluding hydrogens is 398 g/mol. The molecule has 1 aliphatic heterocycles. The monoisotopic (exact) mass is 421 g/mol. The first-order chi connectivity index (χ1) is 13.5. The number of hydrogen-bond donors (Lipinski definition) is 0. The zero-order chi connectivity index (χ0) is 21.7. The van der Waals surface area contributed by atoms with Gasteiger partial charge in [-0.05, 0) is 39.0 Å². The van der Waals surface area contributed by atoms with E-state index >= 15 is 0 Å². The number of imidazole rings is 1. The van der Waals surface area contributed by atoms with E-state index in [-0.39, 0.29) is 11.4 Å². The first-order valence-corrected chi connectivity index (χ1v) is 10.5. The number of carbonyl (C=O) groups is 3. The molecule has 0 aliphatic carbocycles. The van der Waals surface area contributed by atoms with Crippen molar-refractivity contribution >= 4 is 38.9 Å². The highest BCUT2D eigenvalue weighted by Crippen LogP contribution is 2.24. The second kappa shape index (κ2) is 7.23. The Morgan fingerprint density at radius 2 is 1.76 bits per heavy atom. The standard InChI is InChI=1S/C18H23N5O5S/c1-6-21-14-8-7-12(29(27,28)20(4)5)9-13(14)19-15(21)10-22-16(24)17(25)23(11(2)3)18(22)26/h7-9,11H,6,10H2,1-5H3. The van der Waals surface area contributed by atoms with Crippen molar-refractivity contribution in [3.63, 3.8) is 0 Å². The van der Waals surface area contributed by atoms with Crippen molar-refractivity contribution < 1.29 is 22.8 Å². The Hall–Kier alpha value is -2.79. The number of aromatic nitrogens is 2. The molecule has 10 nitrogen and oxygen atoms in total. The van der Waals surface area contributed by atoms with Gasteiger partial charge in [0.25, 0.3) is 0 Å². The average molecular weight is 421 g/mol. The number of sulfonamides is 1. The highest BCUT2D eigenvalue weighted by atomic mass is 32.2. The van der Waals surface area contributed by atoms with Gasteiger partial charge in [-0.3, -0.25) is 14.5 Å². The smallest absolute Gasteiger partial charge is 0.327 e. The minimum atomic E-state index is -3.63. The zero-order valence-electron chi connectivity index (χ0n) is 16.9. The van der Waals surface area contributed by atoms with E-state index in [1.165, 1.54) is 26.2 Å². The molecule has 1 aromatic carbocycles. The maximum atomic E-state index is 12.5. The van der Waals surface area contributed by atoms with Crippen molar-refractivity contribution in [2.75, 3.05) is 14.1 Å². The summed E-state index contributed by atoms with van der Waals surface area (Å²) in [6, 6.07) is 3.48. The fraction of sp³-hybridized carbons (Fsp3) is 0.444. The average Bonchev–Trinajstić information content (AvgIpc) is 3.10. The van der Waals surface area contributed by atoms with E-state index in [9.17, 15) is 22.8 Å². The lowest BCUT2D eigenvalue weighted by Gasteiger charge is -2.18. The number of rotatable bonds is 6. The van der Waals surface area contributed by atoms with Gasteiger partial charge >= 0.3 is 17.8 Å². The number of aryl methyl sites for hydroxylation is 1. The second-order valence-electron chi connectivity index (χ2n) is 7.15. The lowest BCUT2D eigenvalue weighted by Crippen LogP contribution is -2.38. The van der Waals surface area contributed by atoms with Gasteiger partial charge in [-0.25, -0.2) is 27.4 Å². The fourth-order valence-electron chi connectivity index (χ4n) is 3.26. The van der Waals surface area contributed by atoms with Crippen LogP contribution >= 0.6 is 0 Å². The summed E-state index contributed by atoms with van der Waals surface area (Å²) in [7, 11) is -0.744. The molecule has 4 amide bonds. The Balaban J connectivity index is 2.03. The molecule has 2 aromatic rings. The lowest BCUT2D eigenvalue weighted by atomic mass is 10.3. The minimum absolute atomic E-state index is 0.0942. The van der Waals surface area contributed by atoms with Crippen LogP contribution in [0, 0.1) is 0 Å². The van der Waals surface area contributed by atoms with Crippen LogP contribution in [0.5, 0.6) is 0 Å². The van der Waals surface area contributed by atoms with Crippen molar-refractivity contribution in [3.05, 3.63) is 24.0 Å². The van der Waals surface area contributed by atoms with Crippen LogP contribution in [0.1, 0.15) is 26.6 Å². The largest absolute Gasteiger partial charge is 0.334 e. The van der Waals surface area contributed by atoms with Crippen molar-refractivity contribution in [1.29, 1.82) is 0 Å². The van der Waals surface area contributed by atoms with Gasteiger partial charge in [0.1, 0.15) is 5.82 Å². The molecule has 0 radical (unpaired) electrons. The van der Waals surface area contributed by atoms with E-state index in [0.717, 1.165) is 14.1 Å². The van der Waals surface area contributed by atoms with Gasteiger partial charge in [0.15, 0.2) is 0 Å². The Morgan fingerprint density at radius 1 is 1.10 bits per heavy atom. The van der Waals surface area contributed by atoms with Crippen LogP contribution in [0.25, 0.3) is 11.0 Å². The Kier molecular flexibility index (Phi) is 5.22. The van der Waals surface area contributed by atoms with Crippen LogP contribution < -0.4 is 0 Å². The van der Waals surface area contributed by atoms with Gasteiger partial charge in [0.05, 0.1) is 22.5 Å². The van der Waals surface area contributed by atoms with Gasteiger partial charge in [0, 0.05) is 26.7 Å². The van der Waals surface area contributed by atoms with Crippen LogP contribution in [0.2, 0.25) is 0 Å². The fourth-order valence-corrected chi connectivity index (χ4v) is 4.19. The van der Waals surface area contributed by atoms with Crippen LogP contribution in [-0.4, -0.2) is 70.1 Å². The van der Waals surface area contributed by atoms with Crippen LogP contribution in [-0.2, 0) is 32.7 Å². The van der Waals surface area contributed by atoms with E-state index in [4.69, 9.17) is 0 Å². The molecule has 1 saturated heterocycles. The molecule has 0 unspecified atom stereocenters. The third kappa shape index (κ3) is 3.29. The number of hydrogen-bond acceptors (Lipinski definition) is 6. The van der Waals surface area contributed by atoms with E-state index in [1.807, 2.05) is 6.92 Å². The first-order valence-electron chi connectivity index (χ1n) is 9.11. The summed E-state index contributed by atoms with van der Waals surface area (Å²) >= 11 is 0. The second-order valence-corrected chi connectivity index (χ2v) is 9.30. The molecule has 3 rings (SSSR count). The molecule has 1 fully saturated rings. The minimum Gasteiger partial charge on any atom is -0.327 e. The summed E-state index contributed by atoms with van der Waals surface area (Å²) in [5, 5.41) is 0. The first kappa shape index (κ1) is 20.9. The van der Waals surface area contributed by atoms with Crippen molar-refractivity contribution in [2.45, 2.75) is 44.8 Å². The number of carbonyl (C=O) groups excluding carboxylic acids is 3. The lowest BCUT2D eigenvalue weighted by molar-refractivity contribution is -0.144. The number of benzene rings is 1. The van der Waals surface area contributed by atoms with E-state index in [1.54, 1.807) is 24.5 Å². The highest BCUT2D eigenvalue weighted by Gasteiger charge is 2.46. The normalized spacial score (nSPS) is 15.6. The predicted octanol–water partition coefficient (Wildman–Crippen LogP) is 1.01. The van der Waals surface area contributed by atoms with Gasteiger partial charge in [-0.1, -0.05) is 0 Å². The molecule has 0 atom stereocenters. The molecule has 0 saturated carbocycles. The van der Waals surface area contributed by atoms with E-state index in [2.05, 4.69) is 4.98 Å². The summed E-state index contributed by atoms with van der Waals surface area (Å²) < 4.78 is 27.7. The summed E-state index contributed by atoms with van der Waals surface area (Å²) in [6.07, 6.45) is 0. The molecule has 156 valence electrons. The summed E-state index contributed by atoms with van der Waals surface area (Å²) in [6.45, 7) is 5.49. The van der Waals surface area contributed by atoms with Crippen molar-refractivity contribution in [2.24, 2.45) is 0 Å². The third-order valence-electron chi connectivity index (χ3n) is 4.79. The number of fused-ring (bicyclic) bond motifs is 1. The predicted molar refractivity (Wildman–Crippen MR) is 104 cm³/mol. The maximum Gasteiger partial charge on any atom is 0.334 e. The van der Waals surface area contributed by atoms with E-state index in [0.29, 0.717) is 23.4 Å². The van der Waals surface area contributed by atoms with Gasteiger partial charge in [-0.15, -0.1) is 0 Å². The third-order valence-corrected chi connectivity index (χ3v) is 6.60. The molecule has 0 spiro atoms. The summed E-state index contributed by atoms with van der Waals surface area (Å²) in [5.74, 6) is -1.36.